The SMILES string of the molecule is [N-]=[N+]=NCc1cc2ccccc2nc1[18F]. The molecule has 1 aromatic heterocycles. The third kappa shape index (κ3) is 1.87. The van der Waals surface area contributed by atoms with Gasteiger partial charge in [-0.15, -0.1) is 0 Å². The molecule has 0 spiro atoms. The molecule has 0 N–H and O–H groups in total. The molecule has 0 atom stereocenters. The summed E-state index contributed by atoms with van der Waals surface area (Å²) in [5.74, 6) is -0.582. The molecule has 2 rings (SSSR count). The summed E-state index contributed by atoms with van der Waals surface area (Å²) in [6.45, 7) is -0.0137. The van der Waals surface area contributed by atoms with Gasteiger partial charge in [-0.05, 0) is 17.7 Å². The van der Waals surface area contributed by atoms with E-state index in [-0.39, 0.29) is 6.54 Å². The molecule has 0 fully saturated rings. The largest absolute Gasteiger partial charge is 0.219 e. The van der Waals surface area contributed by atoms with Crippen LogP contribution in [0.1, 0.15) is 5.56 Å². The van der Waals surface area contributed by atoms with Crippen molar-refractivity contribution in [2.24, 2.45) is 5.11 Å². The van der Waals surface area contributed by atoms with Crippen LogP contribution in [0.4, 0.5) is 4.39 Å². The fourth-order valence-electron chi connectivity index (χ4n) is 1.35. The van der Waals surface area contributed by atoms with E-state index in [1.165, 1.54) is 0 Å². The lowest BCUT2D eigenvalue weighted by atomic mass is 10.1. The van der Waals surface area contributed by atoms with E-state index in [1.807, 2.05) is 12.1 Å². The maximum absolute atomic E-state index is 13.3. The van der Waals surface area contributed by atoms with Crippen LogP contribution in [-0.4, -0.2) is 4.98 Å². The van der Waals surface area contributed by atoms with E-state index in [4.69, 9.17) is 5.53 Å². The van der Waals surface area contributed by atoms with Gasteiger partial charge in [0, 0.05) is 15.9 Å². The van der Waals surface area contributed by atoms with Crippen molar-refractivity contribution >= 4 is 10.9 Å². The molecule has 1 aromatic carbocycles. The van der Waals surface area contributed by atoms with Crippen LogP contribution in [0.2, 0.25) is 0 Å². The predicted octanol–water partition coefficient (Wildman–Crippen LogP) is 3.18. The van der Waals surface area contributed by atoms with Crippen molar-refractivity contribution in [1.82, 2.24) is 4.98 Å². The summed E-state index contributed by atoms with van der Waals surface area (Å²) >= 11 is 0. The molecular weight excluding hydrogens is 194 g/mol. The van der Waals surface area contributed by atoms with E-state index < -0.39 is 5.95 Å². The number of nitrogens with zero attached hydrogens (tertiary/aromatic N) is 4. The van der Waals surface area contributed by atoms with E-state index in [1.54, 1.807) is 18.2 Å². The van der Waals surface area contributed by atoms with Crippen molar-refractivity contribution in [3.8, 4) is 0 Å². The number of pyridine rings is 1. The molecule has 15 heavy (non-hydrogen) atoms. The molecule has 0 saturated carbocycles. The highest BCUT2D eigenvalue weighted by Gasteiger charge is 2.04. The van der Waals surface area contributed by atoms with Crippen LogP contribution in [0.15, 0.2) is 35.4 Å². The topological polar surface area (TPSA) is 61.7 Å². The lowest BCUT2D eigenvalue weighted by molar-refractivity contribution is 0.572. The minimum Gasteiger partial charge on any atom is -0.219 e. The molecule has 5 heteroatoms. The summed E-state index contributed by atoms with van der Waals surface area (Å²) in [4.78, 5) is 6.36. The molecule has 0 aliphatic rings. The Hall–Kier alpha value is -2.13. The molecule has 0 bridgehead atoms. The Morgan fingerprint density at radius 3 is 3.00 bits per heavy atom. The van der Waals surface area contributed by atoms with Crippen LogP contribution >= 0.6 is 0 Å². The molecule has 2 aromatic rings. The lowest BCUT2D eigenvalue weighted by Gasteiger charge is -2.01. The van der Waals surface area contributed by atoms with Gasteiger partial charge >= 0.3 is 0 Å². The first-order chi connectivity index (χ1) is 7.31. The Morgan fingerprint density at radius 1 is 1.40 bits per heavy atom. The molecule has 0 aliphatic carbocycles. The average Bonchev–Trinajstić information content (AvgIpc) is 2.26. The average molecular weight is 201 g/mol. The highest BCUT2D eigenvalue weighted by atomic mass is 18.2. The Balaban J connectivity index is 2.56. The normalized spacial score (nSPS) is 9.93. The first-order valence-corrected chi connectivity index (χ1v) is 4.36. The molecule has 0 radical (unpaired) electrons. The molecule has 74 valence electrons. The van der Waals surface area contributed by atoms with E-state index in [2.05, 4.69) is 15.0 Å². The highest BCUT2D eigenvalue weighted by molar-refractivity contribution is 5.78. The van der Waals surface area contributed by atoms with Crippen molar-refractivity contribution in [2.45, 2.75) is 6.54 Å². The Labute approximate surface area is 85.0 Å². The van der Waals surface area contributed by atoms with E-state index in [0.717, 1.165) is 5.39 Å². The van der Waals surface area contributed by atoms with Crippen LogP contribution in [0.5, 0.6) is 0 Å². The van der Waals surface area contributed by atoms with Gasteiger partial charge in [-0.1, -0.05) is 23.3 Å². The lowest BCUT2D eigenvalue weighted by Crippen LogP contribution is -1.93. The van der Waals surface area contributed by atoms with Gasteiger partial charge in [0.15, 0.2) is 0 Å². The third-order valence-electron chi connectivity index (χ3n) is 2.05. The summed E-state index contributed by atoms with van der Waals surface area (Å²) in [7, 11) is 0. The monoisotopic (exact) mass is 201 g/mol. The van der Waals surface area contributed by atoms with Crippen molar-refractivity contribution in [3.63, 3.8) is 0 Å². The number of rotatable bonds is 2. The molecule has 0 saturated heterocycles. The predicted molar refractivity (Wildman–Crippen MR) is 54.6 cm³/mol. The molecule has 1 heterocycles. The molecule has 0 unspecified atom stereocenters. The first-order valence-electron chi connectivity index (χ1n) is 4.36. The maximum Gasteiger partial charge on any atom is 0.216 e. The quantitative estimate of drug-likeness (QED) is 0.318. The number of para-hydroxylation sites is 1. The summed E-state index contributed by atoms with van der Waals surface area (Å²) < 4.78 is 13.3. The Kier molecular flexibility index (Phi) is 2.48. The summed E-state index contributed by atoms with van der Waals surface area (Å²) in [6, 6.07) is 8.85. The van der Waals surface area contributed by atoms with Gasteiger partial charge in [0.2, 0.25) is 5.95 Å². The van der Waals surface area contributed by atoms with Crippen LogP contribution in [0, 0.1) is 5.95 Å². The minimum absolute atomic E-state index is 0.0137. The van der Waals surface area contributed by atoms with Gasteiger partial charge in [0.1, 0.15) is 0 Å². The van der Waals surface area contributed by atoms with Crippen LogP contribution in [-0.2, 0) is 6.54 Å². The maximum atomic E-state index is 13.3. The summed E-state index contributed by atoms with van der Waals surface area (Å²) in [6.07, 6.45) is 0. The van der Waals surface area contributed by atoms with Gasteiger partial charge in [-0.3, -0.25) is 0 Å². The third-order valence-corrected chi connectivity index (χ3v) is 2.05. The number of hydrogen-bond donors (Lipinski definition) is 0. The summed E-state index contributed by atoms with van der Waals surface area (Å²) in [5, 5.41) is 4.15. The van der Waals surface area contributed by atoms with Crippen molar-refractivity contribution in [3.05, 3.63) is 52.3 Å². The minimum atomic E-state index is -0.582. The molecule has 0 aliphatic heterocycles. The number of aromatic nitrogens is 1. The second kappa shape index (κ2) is 3.94. The van der Waals surface area contributed by atoms with Gasteiger partial charge in [-0.25, -0.2) is 4.98 Å². The number of halogens is 1. The molecule has 0 amide bonds. The van der Waals surface area contributed by atoms with Crippen LogP contribution in [0.25, 0.3) is 21.3 Å². The highest BCUT2D eigenvalue weighted by Crippen LogP contribution is 2.16. The zero-order valence-electron chi connectivity index (χ0n) is 7.76. The number of fused-ring (bicyclic) bond motifs is 1. The zero-order valence-corrected chi connectivity index (χ0v) is 7.76. The first kappa shape index (κ1) is 9.43. The van der Waals surface area contributed by atoms with Gasteiger partial charge in [0.05, 0.1) is 12.1 Å². The zero-order chi connectivity index (χ0) is 10.7. The van der Waals surface area contributed by atoms with Crippen LogP contribution in [0.3, 0.4) is 0 Å². The smallest absolute Gasteiger partial charge is 0.216 e. The second-order valence-corrected chi connectivity index (χ2v) is 3.02. The van der Waals surface area contributed by atoms with Gasteiger partial charge < -0.3 is 0 Å². The fourth-order valence-corrected chi connectivity index (χ4v) is 1.35. The van der Waals surface area contributed by atoms with Crippen LogP contribution < -0.4 is 0 Å². The van der Waals surface area contributed by atoms with Crippen molar-refractivity contribution < 1.29 is 4.39 Å². The second-order valence-electron chi connectivity index (χ2n) is 3.02. The van der Waals surface area contributed by atoms with E-state index >= 15 is 0 Å². The van der Waals surface area contributed by atoms with Gasteiger partial charge in [-0.2, -0.15) is 4.39 Å². The molecule has 4 nitrogen and oxygen atoms in total. The standard InChI is InChI=1S/C10H7FN4/c11-10-8(6-13-15-12)5-7-3-1-2-4-9(7)14-10/h1-5H,6H2/i11-1. The van der Waals surface area contributed by atoms with Gasteiger partial charge in [0.25, 0.3) is 0 Å². The van der Waals surface area contributed by atoms with E-state index in [0.29, 0.717) is 11.1 Å². The summed E-state index contributed by atoms with van der Waals surface area (Å²) in [5.41, 5.74) is 9.06. The number of azide groups is 1. The number of hydrogen-bond acceptors (Lipinski definition) is 2. The Bertz CT molecular complexity index is 546. The van der Waals surface area contributed by atoms with Crippen molar-refractivity contribution in [2.75, 3.05) is 0 Å². The Morgan fingerprint density at radius 2 is 2.20 bits per heavy atom. The fraction of sp³-hybridized carbons (Fsp3) is 0.100. The van der Waals surface area contributed by atoms with E-state index in [9.17, 15) is 4.39 Å². The molecular formula is C10H7FN4. The van der Waals surface area contributed by atoms with Crippen molar-refractivity contribution in [1.29, 1.82) is 0 Å². The number of benzene rings is 1.